The van der Waals surface area contributed by atoms with Crippen molar-refractivity contribution in [1.82, 2.24) is 4.90 Å². The summed E-state index contributed by atoms with van der Waals surface area (Å²) >= 11 is 1.73. The maximum atomic E-state index is 12.2. The van der Waals surface area contributed by atoms with Crippen LogP contribution in [-0.4, -0.2) is 29.6 Å². The maximum Gasteiger partial charge on any atom is 0.232 e. The Hall–Kier alpha value is -0.960. The van der Waals surface area contributed by atoms with Crippen molar-refractivity contribution in [3.8, 4) is 0 Å². The van der Waals surface area contributed by atoms with Crippen LogP contribution in [0.3, 0.4) is 0 Å². The molecule has 2 rings (SSSR count). The Morgan fingerprint density at radius 2 is 1.80 bits per heavy atom. The fourth-order valence-electron chi connectivity index (χ4n) is 3.01. The predicted molar refractivity (Wildman–Crippen MR) is 87.1 cm³/mol. The van der Waals surface area contributed by atoms with Crippen LogP contribution in [0.25, 0.3) is 0 Å². The molecule has 0 aliphatic heterocycles. The quantitative estimate of drug-likeness (QED) is 0.819. The minimum absolute atomic E-state index is 0.284. The summed E-state index contributed by atoms with van der Waals surface area (Å²) in [6.45, 7) is 4.25. The zero-order chi connectivity index (χ0) is 14.5. The van der Waals surface area contributed by atoms with E-state index in [4.69, 9.17) is 0 Å². The summed E-state index contributed by atoms with van der Waals surface area (Å²) in [5.41, 5.74) is 3.92. The van der Waals surface area contributed by atoms with Gasteiger partial charge in [-0.2, -0.15) is 0 Å². The number of carbonyl (C=O) groups is 1. The first-order valence-electron chi connectivity index (χ1n) is 7.47. The predicted octanol–water partition coefficient (Wildman–Crippen LogP) is 3.94. The molecule has 0 radical (unpaired) electrons. The van der Waals surface area contributed by atoms with Crippen LogP contribution in [-0.2, 0) is 10.5 Å². The molecular weight excluding hydrogens is 266 g/mol. The lowest BCUT2D eigenvalue weighted by Crippen LogP contribution is -2.36. The van der Waals surface area contributed by atoms with E-state index in [0.29, 0.717) is 11.8 Å². The number of carbonyl (C=O) groups excluding carboxylic acids is 1. The third-order valence-electron chi connectivity index (χ3n) is 4.04. The highest BCUT2D eigenvalue weighted by Gasteiger charge is 2.22. The first-order valence-corrected chi connectivity index (χ1v) is 8.62. The topological polar surface area (TPSA) is 20.3 Å². The van der Waals surface area contributed by atoms with Gasteiger partial charge in [-0.15, -0.1) is 11.8 Å². The highest BCUT2D eigenvalue weighted by atomic mass is 32.2. The smallest absolute Gasteiger partial charge is 0.232 e. The number of rotatable bonds is 5. The first kappa shape index (κ1) is 15.4. The van der Waals surface area contributed by atoms with Gasteiger partial charge in [0.15, 0.2) is 0 Å². The molecule has 0 saturated heterocycles. The summed E-state index contributed by atoms with van der Waals surface area (Å²) in [6.07, 6.45) is 4.92. The van der Waals surface area contributed by atoms with E-state index in [-0.39, 0.29) is 5.91 Å². The van der Waals surface area contributed by atoms with Gasteiger partial charge in [0.25, 0.3) is 0 Å². The lowest BCUT2D eigenvalue weighted by molar-refractivity contribution is -0.129. The van der Waals surface area contributed by atoms with Crippen LogP contribution < -0.4 is 0 Å². The number of aryl methyl sites for hydroxylation is 2. The van der Waals surface area contributed by atoms with Crippen LogP contribution in [0, 0.1) is 13.8 Å². The van der Waals surface area contributed by atoms with Gasteiger partial charge in [-0.1, -0.05) is 42.2 Å². The van der Waals surface area contributed by atoms with Crippen molar-refractivity contribution >= 4 is 17.7 Å². The van der Waals surface area contributed by atoms with Crippen molar-refractivity contribution in [2.24, 2.45) is 0 Å². The van der Waals surface area contributed by atoms with E-state index < -0.39 is 0 Å². The largest absolute Gasteiger partial charge is 0.342 e. The van der Waals surface area contributed by atoms with Crippen LogP contribution >= 0.6 is 11.8 Å². The third kappa shape index (κ3) is 4.27. The number of hydrogen-bond acceptors (Lipinski definition) is 2. The Kier molecular flexibility index (Phi) is 5.53. The molecule has 1 aromatic carbocycles. The molecule has 1 aliphatic carbocycles. The molecule has 1 amide bonds. The number of hydrogen-bond donors (Lipinski definition) is 0. The van der Waals surface area contributed by atoms with Gasteiger partial charge < -0.3 is 4.90 Å². The molecule has 20 heavy (non-hydrogen) atoms. The van der Waals surface area contributed by atoms with E-state index in [9.17, 15) is 4.79 Å². The average Bonchev–Trinajstić information content (AvgIpc) is 2.90. The Balaban J connectivity index is 1.78. The molecular formula is C17H25NOS. The zero-order valence-corrected chi connectivity index (χ0v) is 13.6. The molecule has 1 saturated carbocycles. The van der Waals surface area contributed by atoms with E-state index in [1.54, 1.807) is 11.8 Å². The summed E-state index contributed by atoms with van der Waals surface area (Å²) in [4.78, 5) is 14.1. The van der Waals surface area contributed by atoms with Crippen molar-refractivity contribution in [3.05, 3.63) is 34.9 Å². The molecule has 0 heterocycles. The van der Waals surface area contributed by atoms with Crippen molar-refractivity contribution in [2.75, 3.05) is 12.8 Å². The van der Waals surface area contributed by atoms with Crippen LogP contribution in [0.4, 0.5) is 0 Å². The standard InChI is InChI=1S/C17H25NOS/c1-13-8-14(2)10-15(9-13)11-20-12-17(19)18(3)16-6-4-5-7-16/h8-10,16H,4-7,11-12H2,1-3H3. The minimum atomic E-state index is 0.284. The van der Waals surface area contributed by atoms with E-state index in [1.807, 2.05) is 11.9 Å². The van der Waals surface area contributed by atoms with Crippen molar-refractivity contribution in [2.45, 2.75) is 51.3 Å². The number of nitrogens with zero attached hydrogens (tertiary/aromatic N) is 1. The molecule has 0 N–H and O–H groups in total. The molecule has 2 nitrogen and oxygen atoms in total. The summed E-state index contributed by atoms with van der Waals surface area (Å²) in [7, 11) is 1.97. The second-order valence-electron chi connectivity index (χ2n) is 5.93. The molecule has 110 valence electrons. The van der Waals surface area contributed by atoms with Crippen LogP contribution in [0.15, 0.2) is 18.2 Å². The number of amides is 1. The number of benzene rings is 1. The van der Waals surface area contributed by atoms with Crippen molar-refractivity contribution < 1.29 is 4.79 Å². The highest BCUT2D eigenvalue weighted by Crippen LogP contribution is 2.23. The minimum Gasteiger partial charge on any atom is -0.342 e. The van der Waals surface area contributed by atoms with Gasteiger partial charge in [-0.05, 0) is 32.3 Å². The lowest BCUT2D eigenvalue weighted by Gasteiger charge is -2.24. The molecule has 0 aromatic heterocycles. The third-order valence-corrected chi connectivity index (χ3v) is 5.03. The van der Waals surface area contributed by atoms with Crippen molar-refractivity contribution in [3.63, 3.8) is 0 Å². The zero-order valence-electron chi connectivity index (χ0n) is 12.8. The molecule has 0 unspecified atom stereocenters. The fourth-order valence-corrected chi connectivity index (χ4v) is 3.89. The van der Waals surface area contributed by atoms with Crippen LogP contribution in [0.2, 0.25) is 0 Å². The van der Waals surface area contributed by atoms with E-state index in [0.717, 1.165) is 5.75 Å². The Morgan fingerprint density at radius 1 is 1.20 bits per heavy atom. The molecule has 1 fully saturated rings. The lowest BCUT2D eigenvalue weighted by atomic mass is 10.1. The Labute approximate surface area is 126 Å². The van der Waals surface area contributed by atoms with Gasteiger partial charge in [0.1, 0.15) is 0 Å². The SMILES string of the molecule is Cc1cc(C)cc(CSCC(=O)N(C)C2CCCC2)c1. The van der Waals surface area contributed by atoms with Crippen LogP contribution in [0.1, 0.15) is 42.4 Å². The van der Waals surface area contributed by atoms with E-state index in [1.165, 1.54) is 42.4 Å². The normalized spacial score (nSPS) is 15.6. The summed E-state index contributed by atoms with van der Waals surface area (Å²) in [5, 5.41) is 0. The monoisotopic (exact) mass is 291 g/mol. The Morgan fingerprint density at radius 3 is 2.40 bits per heavy atom. The number of thioether (sulfide) groups is 1. The van der Waals surface area contributed by atoms with Gasteiger partial charge in [-0.3, -0.25) is 4.79 Å². The van der Waals surface area contributed by atoms with E-state index in [2.05, 4.69) is 32.0 Å². The Bertz CT molecular complexity index is 446. The van der Waals surface area contributed by atoms with Crippen LogP contribution in [0.5, 0.6) is 0 Å². The van der Waals surface area contributed by atoms with Crippen molar-refractivity contribution in [1.29, 1.82) is 0 Å². The summed E-state index contributed by atoms with van der Waals surface area (Å²) in [6, 6.07) is 7.10. The second-order valence-corrected chi connectivity index (χ2v) is 6.92. The molecule has 1 aromatic rings. The van der Waals surface area contributed by atoms with Gasteiger partial charge in [0.05, 0.1) is 5.75 Å². The summed E-state index contributed by atoms with van der Waals surface area (Å²) in [5.74, 6) is 1.80. The second kappa shape index (κ2) is 7.16. The molecule has 3 heteroatoms. The molecule has 1 aliphatic rings. The van der Waals surface area contributed by atoms with Gasteiger partial charge in [0, 0.05) is 18.8 Å². The fraction of sp³-hybridized carbons (Fsp3) is 0.588. The molecule has 0 bridgehead atoms. The van der Waals surface area contributed by atoms with E-state index >= 15 is 0 Å². The maximum absolute atomic E-state index is 12.2. The van der Waals surface area contributed by atoms with Gasteiger partial charge in [0.2, 0.25) is 5.91 Å². The molecule has 0 spiro atoms. The average molecular weight is 291 g/mol. The summed E-state index contributed by atoms with van der Waals surface area (Å²) < 4.78 is 0. The first-order chi connectivity index (χ1) is 9.56. The van der Waals surface area contributed by atoms with Gasteiger partial charge in [-0.25, -0.2) is 0 Å². The highest BCUT2D eigenvalue weighted by molar-refractivity contribution is 7.99. The molecule has 0 atom stereocenters. The van der Waals surface area contributed by atoms with Gasteiger partial charge >= 0.3 is 0 Å².